The van der Waals surface area contributed by atoms with Gasteiger partial charge in [0.05, 0.1) is 20.5 Å². The number of phenolic OH excluding ortho intramolecular Hbond substituents is 1. The first-order valence-electron chi connectivity index (χ1n) is 10.7. The second-order valence-corrected chi connectivity index (χ2v) is 8.60. The number of fused-ring (bicyclic) bond motifs is 1. The highest BCUT2D eigenvalue weighted by molar-refractivity contribution is 8.14. The van der Waals surface area contributed by atoms with E-state index in [4.69, 9.17) is 4.74 Å². The number of nitrogens with one attached hydrogen (secondary N) is 1. The van der Waals surface area contributed by atoms with Crippen molar-refractivity contribution in [3.05, 3.63) is 53.6 Å². The van der Waals surface area contributed by atoms with Crippen molar-refractivity contribution in [2.75, 3.05) is 26.3 Å². The van der Waals surface area contributed by atoms with Gasteiger partial charge in [-0.2, -0.15) is 0 Å². The van der Waals surface area contributed by atoms with Gasteiger partial charge in [-0.3, -0.25) is 0 Å². The molecule has 0 fully saturated rings. The molecular weight excluding hydrogens is 422 g/mol. The van der Waals surface area contributed by atoms with E-state index in [1.165, 1.54) is 11.6 Å². The van der Waals surface area contributed by atoms with Crippen molar-refractivity contribution in [2.24, 2.45) is 0 Å². The van der Waals surface area contributed by atoms with Gasteiger partial charge in [-0.15, -0.1) is 0 Å². The number of quaternary nitrogens is 1. The number of nitrogens with zero attached hydrogens (tertiary/aromatic N) is 1. The van der Waals surface area contributed by atoms with Crippen LogP contribution in [0.3, 0.4) is 0 Å². The van der Waals surface area contributed by atoms with Crippen molar-refractivity contribution in [3.8, 4) is 5.75 Å². The predicted octanol–water partition coefficient (Wildman–Crippen LogP) is 5.65. The maximum absolute atomic E-state index is 13.7. The quantitative estimate of drug-likeness (QED) is 0.305. The van der Waals surface area contributed by atoms with Crippen LogP contribution in [0.2, 0.25) is 0 Å². The van der Waals surface area contributed by atoms with Crippen molar-refractivity contribution >= 4 is 22.7 Å². The van der Waals surface area contributed by atoms with Gasteiger partial charge in [0.2, 0.25) is 0 Å². The fourth-order valence-electron chi connectivity index (χ4n) is 3.50. The van der Waals surface area contributed by atoms with Gasteiger partial charge in [-0.25, -0.2) is 4.79 Å². The van der Waals surface area contributed by atoms with Crippen LogP contribution in [0.25, 0.3) is 0 Å². The molecule has 0 saturated heterocycles. The van der Waals surface area contributed by atoms with E-state index in [-0.39, 0.29) is 4.90 Å². The number of hydrogen-bond donors (Lipinski definition) is 2. The minimum absolute atomic E-state index is 0.135. The monoisotopic (exact) mass is 451 g/mol. The Morgan fingerprint density at radius 2 is 1.71 bits per heavy atom. The molecular formula is C23H29F2N2O3S+. The first kappa shape index (κ1) is 23.7. The van der Waals surface area contributed by atoms with Crippen molar-refractivity contribution in [1.82, 2.24) is 10.2 Å². The minimum Gasteiger partial charge on any atom is -0.502 e. The van der Waals surface area contributed by atoms with Crippen LogP contribution < -0.4 is 10.2 Å². The zero-order chi connectivity index (χ0) is 22.1. The number of halogens is 2. The lowest BCUT2D eigenvalue weighted by Gasteiger charge is -2.08. The Bertz CT molecular complexity index is 865. The summed E-state index contributed by atoms with van der Waals surface area (Å²) in [6, 6.07) is 13.2. The lowest BCUT2D eigenvalue weighted by atomic mass is 10.1. The van der Waals surface area contributed by atoms with Gasteiger partial charge in [0.25, 0.3) is 5.69 Å². The largest absolute Gasteiger partial charge is 0.502 e. The SMILES string of the molecule is O=C1Sc2cc(CCNCCCCCCOCCc3ccccc3)cc(O)c2[N+]1(F)F. The summed E-state index contributed by atoms with van der Waals surface area (Å²) in [5.41, 5.74) is 1.42. The lowest BCUT2D eigenvalue weighted by Crippen LogP contribution is -2.30. The highest BCUT2D eigenvalue weighted by Crippen LogP contribution is 2.51. The number of carbonyl (C=O) groups is 1. The summed E-state index contributed by atoms with van der Waals surface area (Å²) in [6.07, 6.45) is 5.92. The molecule has 0 radical (unpaired) electrons. The van der Waals surface area contributed by atoms with Gasteiger partial charge in [-0.1, -0.05) is 43.2 Å². The van der Waals surface area contributed by atoms with E-state index in [0.717, 1.165) is 57.4 Å². The molecule has 0 atom stereocenters. The number of thioether (sulfide) groups is 1. The molecule has 0 bridgehead atoms. The summed E-state index contributed by atoms with van der Waals surface area (Å²) in [6.45, 7) is 3.12. The summed E-state index contributed by atoms with van der Waals surface area (Å²) < 4.78 is 33.1. The number of unbranched alkanes of at least 4 members (excludes halogenated alkanes) is 3. The summed E-state index contributed by atoms with van der Waals surface area (Å²) >= 11 is 0.477. The number of hydrogen-bond acceptors (Lipinski definition) is 5. The zero-order valence-electron chi connectivity index (χ0n) is 17.5. The fourth-order valence-corrected chi connectivity index (χ4v) is 4.42. The van der Waals surface area contributed by atoms with Crippen molar-refractivity contribution in [3.63, 3.8) is 0 Å². The topological polar surface area (TPSA) is 58.6 Å². The Kier molecular flexibility index (Phi) is 8.83. The van der Waals surface area contributed by atoms with Gasteiger partial charge in [0.1, 0.15) is 0 Å². The molecule has 1 amide bonds. The van der Waals surface area contributed by atoms with E-state index in [9.17, 15) is 18.9 Å². The maximum Gasteiger partial charge on any atom is 0.463 e. The number of aromatic hydroxyl groups is 1. The van der Waals surface area contributed by atoms with Crippen LogP contribution in [-0.4, -0.2) is 36.6 Å². The molecule has 0 spiro atoms. The van der Waals surface area contributed by atoms with Gasteiger partial charge < -0.3 is 15.2 Å². The molecule has 1 aliphatic heterocycles. The highest BCUT2D eigenvalue weighted by Gasteiger charge is 2.56. The second kappa shape index (κ2) is 11.6. The number of ether oxygens (including phenoxy) is 1. The molecule has 2 aromatic rings. The van der Waals surface area contributed by atoms with E-state index in [1.807, 2.05) is 18.2 Å². The van der Waals surface area contributed by atoms with Crippen LogP contribution in [-0.2, 0) is 17.6 Å². The average molecular weight is 452 g/mol. The molecule has 2 aromatic carbocycles. The van der Waals surface area contributed by atoms with Gasteiger partial charge in [0, 0.05) is 18.4 Å². The molecule has 2 N–H and O–H groups in total. The summed E-state index contributed by atoms with van der Waals surface area (Å²) in [5.74, 6) is -0.526. The van der Waals surface area contributed by atoms with Crippen molar-refractivity contribution in [2.45, 2.75) is 43.4 Å². The fraction of sp³-hybridized carbons (Fsp3) is 0.435. The van der Waals surface area contributed by atoms with Crippen LogP contribution in [0.5, 0.6) is 5.75 Å². The van der Waals surface area contributed by atoms with Crippen molar-refractivity contribution < 1.29 is 23.6 Å². The summed E-state index contributed by atoms with van der Waals surface area (Å²) in [7, 11) is 0. The first-order chi connectivity index (χ1) is 15.0. The highest BCUT2D eigenvalue weighted by atomic mass is 32.2. The number of amides is 1. The minimum atomic E-state index is -2.90. The molecule has 31 heavy (non-hydrogen) atoms. The van der Waals surface area contributed by atoms with Gasteiger partial charge >= 0.3 is 5.24 Å². The Morgan fingerprint density at radius 1 is 0.935 bits per heavy atom. The zero-order valence-corrected chi connectivity index (χ0v) is 18.3. The molecule has 1 heterocycles. The normalized spacial score (nSPS) is 14.7. The van der Waals surface area contributed by atoms with Crippen LogP contribution in [0.15, 0.2) is 47.4 Å². The third-order valence-electron chi connectivity index (χ3n) is 5.18. The molecule has 0 aromatic heterocycles. The Labute approximate surface area is 185 Å². The Morgan fingerprint density at radius 3 is 2.52 bits per heavy atom. The standard InChI is InChI=1S/C23H28F2N2O3S/c24-27(25)22-20(28)16-19(17-21(22)31-23(27)29)10-13-26-12-6-1-2-7-14-30-15-11-18-8-4-3-5-9-18/h3-5,8-9,16-17,26H,1-2,6-7,10-15H2/p+1. The number of benzene rings is 2. The third-order valence-corrected chi connectivity index (χ3v) is 6.12. The average Bonchev–Trinajstić information content (AvgIpc) is 2.98. The molecule has 3 rings (SSSR count). The smallest absolute Gasteiger partial charge is 0.463 e. The molecule has 168 valence electrons. The number of phenols is 1. The molecule has 5 nitrogen and oxygen atoms in total. The molecule has 0 unspecified atom stereocenters. The Hall–Kier alpha value is -2.00. The molecule has 0 saturated carbocycles. The number of rotatable bonds is 13. The summed E-state index contributed by atoms with van der Waals surface area (Å²) in [5, 5.41) is 12.0. The lowest BCUT2D eigenvalue weighted by molar-refractivity contribution is -0.0781. The van der Waals surface area contributed by atoms with E-state index in [1.54, 1.807) is 6.07 Å². The van der Waals surface area contributed by atoms with Crippen LogP contribution in [0.4, 0.5) is 19.4 Å². The van der Waals surface area contributed by atoms with E-state index in [2.05, 4.69) is 17.4 Å². The predicted molar refractivity (Wildman–Crippen MR) is 119 cm³/mol. The van der Waals surface area contributed by atoms with Gasteiger partial charge in [0.15, 0.2) is 10.7 Å². The first-order valence-corrected chi connectivity index (χ1v) is 11.5. The van der Waals surface area contributed by atoms with Crippen molar-refractivity contribution in [1.29, 1.82) is 0 Å². The van der Waals surface area contributed by atoms with Crippen LogP contribution in [0.1, 0.15) is 36.8 Å². The van der Waals surface area contributed by atoms with E-state index in [0.29, 0.717) is 24.7 Å². The maximum atomic E-state index is 13.7. The van der Waals surface area contributed by atoms with E-state index < -0.39 is 21.6 Å². The molecule has 1 aliphatic rings. The number of carbonyl (C=O) groups excluding carboxylic acids is 1. The third kappa shape index (κ3) is 6.74. The van der Waals surface area contributed by atoms with Gasteiger partial charge in [-0.05, 0) is 62.0 Å². The Balaban J connectivity index is 1.21. The van der Waals surface area contributed by atoms with Crippen LogP contribution in [0, 0.1) is 0 Å². The molecule has 8 heteroatoms. The molecule has 0 aliphatic carbocycles. The second-order valence-electron chi connectivity index (χ2n) is 7.61. The summed E-state index contributed by atoms with van der Waals surface area (Å²) in [4.78, 5) is 8.62. The van der Waals surface area contributed by atoms with Crippen LogP contribution >= 0.6 is 11.8 Å². The van der Waals surface area contributed by atoms with E-state index >= 15 is 0 Å².